The average Bonchev–Trinajstić information content (AvgIpc) is 3.84. The molecule has 2 amide bonds. The number of methoxy groups -OCH3 is 1. The number of cyclic esters (lactones) is 1. The SMILES string of the molecule is CCn1c(-c2cccnc2[C@H](C)OC)c2c3cc(ccc31)-c1csc(n1)[C@@H](OCC1CCNCC1)[C@H](NC(=O)OC(C)(C)C)C(=O)N1CCC[C@H](N1)C(=O)OCC(C)(C)C2. The van der Waals surface area contributed by atoms with E-state index in [0.717, 1.165) is 70.6 Å². The van der Waals surface area contributed by atoms with Crippen molar-refractivity contribution in [3.05, 3.63) is 58.2 Å². The maximum absolute atomic E-state index is 14.8. The topological polar surface area (TPSA) is 158 Å². The van der Waals surface area contributed by atoms with Crippen molar-refractivity contribution in [2.24, 2.45) is 11.3 Å². The van der Waals surface area contributed by atoms with Crippen molar-refractivity contribution in [2.45, 2.75) is 117 Å². The Bertz CT molecular complexity index is 2170. The summed E-state index contributed by atoms with van der Waals surface area (Å²) in [5.41, 5.74) is 8.53. The van der Waals surface area contributed by atoms with Crippen LogP contribution in [0.1, 0.15) is 103 Å². The van der Waals surface area contributed by atoms with Crippen molar-refractivity contribution in [1.29, 1.82) is 0 Å². The molecule has 3 aliphatic heterocycles. The Morgan fingerprint density at radius 1 is 1.15 bits per heavy atom. The van der Waals surface area contributed by atoms with E-state index in [0.29, 0.717) is 44.0 Å². The van der Waals surface area contributed by atoms with Crippen molar-refractivity contribution in [1.82, 2.24) is 35.6 Å². The third kappa shape index (κ3) is 9.70. The Morgan fingerprint density at radius 2 is 1.93 bits per heavy atom. The summed E-state index contributed by atoms with van der Waals surface area (Å²) in [5, 5.41) is 11.3. The lowest BCUT2D eigenvalue weighted by Gasteiger charge is -2.37. The molecule has 4 aromatic rings. The summed E-state index contributed by atoms with van der Waals surface area (Å²) in [6.07, 6.45) is 3.32. The summed E-state index contributed by atoms with van der Waals surface area (Å²) < 4.78 is 26.7. The highest BCUT2D eigenvalue weighted by atomic mass is 32.1. The first-order chi connectivity index (χ1) is 28.7. The molecule has 324 valence electrons. The minimum absolute atomic E-state index is 0.148. The van der Waals surface area contributed by atoms with Gasteiger partial charge in [-0.2, -0.15) is 0 Å². The number of nitrogens with one attached hydrogen (secondary N) is 3. The van der Waals surface area contributed by atoms with Crippen LogP contribution >= 0.6 is 11.3 Å². The molecule has 14 nitrogen and oxygen atoms in total. The molecule has 15 heteroatoms. The van der Waals surface area contributed by atoms with Gasteiger partial charge in [0.1, 0.15) is 28.8 Å². The van der Waals surface area contributed by atoms with Gasteiger partial charge in [0, 0.05) is 59.2 Å². The largest absolute Gasteiger partial charge is 0.464 e. The molecule has 0 unspecified atom stereocenters. The molecule has 2 saturated heterocycles. The summed E-state index contributed by atoms with van der Waals surface area (Å²) in [7, 11) is 1.69. The molecule has 6 heterocycles. The van der Waals surface area contributed by atoms with Gasteiger partial charge >= 0.3 is 12.1 Å². The standard InChI is InChI=1S/C45H61N7O7S/c1-9-51-35-15-14-29-22-31(35)32(38(51)30-12-10-18-47-36(30)27(2)56-8)23-45(6,7)26-58-42(54)33-13-11-21-52(50-33)41(53)37(49-43(55)59-44(3,4)5)39(40-48-34(29)25-60-40)57-24-28-16-19-46-20-17-28/h10,12,14-15,18,22,25,27-28,33,37,39,46,50H,9,11,13,16-17,19-21,23-24,26H2,1-8H3,(H,49,55)/t27-,33-,37-,39-/m0/s1. The monoisotopic (exact) mass is 843 g/mol. The van der Waals surface area contributed by atoms with E-state index in [2.05, 4.69) is 65.7 Å². The zero-order chi connectivity index (χ0) is 42.8. The number of piperidine rings is 1. The summed E-state index contributed by atoms with van der Waals surface area (Å²) in [6, 6.07) is 8.48. The highest BCUT2D eigenvalue weighted by Gasteiger charge is 2.41. The number of thiazole rings is 1. The maximum Gasteiger partial charge on any atom is 0.408 e. The number of benzene rings is 1. The van der Waals surface area contributed by atoms with Crippen molar-refractivity contribution in [3.8, 4) is 22.5 Å². The minimum Gasteiger partial charge on any atom is -0.464 e. The van der Waals surface area contributed by atoms with E-state index >= 15 is 0 Å². The number of aromatic nitrogens is 3. The molecule has 0 spiro atoms. The number of carbonyl (C=O) groups excluding carboxylic acids is 3. The number of rotatable bonds is 8. The fourth-order valence-electron chi connectivity index (χ4n) is 8.48. The third-order valence-electron chi connectivity index (χ3n) is 11.6. The lowest BCUT2D eigenvalue weighted by atomic mass is 9.84. The molecule has 3 N–H and O–H groups in total. The van der Waals surface area contributed by atoms with Crippen LogP contribution in [0, 0.1) is 11.3 Å². The smallest absolute Gasteiger partial charge is 0.408 e. The first kappa shape index (κ1) is 43.7. The van der Waals surface area contributed by atoms with Gasteiger partial charge in [-0.15, -0.1) is 11.3 Å². The van der Waals surface area contributed by atoms with Crippen LogP contribution in [-0.2, 0) is 41.5 Å². The normalized spacial score (nSPS) is 22.3. The Labute approximate surface area is 357 Å². The lowest BCUT2D eigenvalue weighted by Crippen LogP contribution is -2.61. The van der Waals surface area contributed by atoms with Crippen LogP contribution in [0.25, 0.3) is 33.4 Å². The van der Waals surface area contributed by atoms with Gasteiger partial charge in [0.2, 0.25) is 0 Å². The van der Waals surface area contributed by atoms with Gasteiger partial charge in [-0.05, 0) is 116 Å². The van der Waals surface area contributed by atoms with E-state index in [1.807, 2.05) is 18.4 Å². The third-order valence-corrected chi connectivity index (χ3v) is 12.5. The van der Waals surface area contributed by atoms with Crippen molar-refractivity contribution < 1.29 is 33.3 Å². The number of aryl methyl sites for hydroxylation is 1. The average molecular weight is 844 g/mol. The van der Waals surface area contributed by atoms with Crippen molar-refractivity contribution in [3.63, 3.8) is 0 Å². The lowest BCUT2D eigenvalue weighted by molar-refractivity contribution is -0.156. The number of fused-ring (bicyclic) bond motifs is 6. The number of amides is 2. The quantitative estimate of drug-likeness (QED) is 0.155. The van der Waals surface area contributed by atoms with Gasteiger partial charge < -0.3 is 34.1 Å². The molecular weight excluding hydrogens is 783 g/mol. The molecule has 3 aliphatic rings. The molecule has 7 rings (SSSR count). The highest BCUT2D eigenvalue weighted by Crippen LogP contribution is 2.42. The molecule has 0 radical (unpaired) electrons. The number of hydrogen-bond donors (Lipinski definition) is 3. The van der Waals surface area contributed by atoms with Crippen LogP contribution in [0.15, 0.2) is 41.9 Å². The van der Waals surface area contributed by atoms with Crippen molar-refractivity contribution >= 4 is 40.2 Å². The molecule has 1 aromatic carbocycles. The van der Waals surface area contributed by atoms with Gasteiger partial charge in [-0.1, -0.05) is 19.9 Å². The molecule has 0 saturated carbocycles. The van der Waals surface area contributed by atoms with E-state index < -0.39 is 47.2 Å². The zero-order valence-corrected chi connectivity index (χ0v) is 37.1. The van der Waals surface area contributed by atoms with E-state index in [-0.39, 0.29) is 18.6 Å². The van der Waals surface area contributed by atoms with E-state index in [1.165, 1.54) is 16.3 Å². The number of ether oxygens (including phenoxy) is 4. The Morgan fingerprint density at radius 3 is 2.67 bits per heavy atom. The Balaban J connectivity index is 1.39. The highest BCUT2D eigenvalue weighted by molar-refractivity contribution is 7.10. The fourth-order valence-corrected chi connectivity index (χ4v) is 9.39. The number of alkyl carbamates (subject to hydrolysis) is 1. The van der Waals surface area contributed by atoms with Crippen molar-refractivity contribution in [2.75, 3.05) is 40.0 Å². The van der Waals surface area contributed by atoms with Gasteiger partial charge in [0.05, 0.1) is 36.4 Å². The van der Waals surface area contributed by atoms with Gasteiger partial charge in [0.15, 0.2) is 0 Å². The van der Waals surface area contributed by atoms with E-state index in [1.54, 1.807) is 34.1 Å². The summed E-state index contributed by atoms with van der Waals surface area (Å²) in [4.78, 5) is 52.2. The molecule has 6 bridgehead atoms. The number of pyridine rings is 1. The second-order valence-electron chi connectivity index (χ2n) is 18.0. The number of carbonyl (C=O) groups is 3. The molecule has 2 fully saturated rings. The molecular formula is C45H61N7O7S. The second-order valence-corrected chi connectivity index (χ2v) is 18.9. The summed E-state index contributed by atoms with van der Waals surface area (Å²) in [5.74, 6) is -0.634. The number of esters is 1. The Kier molecular flexibility index (Phi) is 13.3. The molecule has 3 aromatic heterocycles. The number of hydrogen-bond acceptors (Lipinski definition) is 12. The van der Waals surface area contributed by atoms with Crippen LogP contribution in [0.4, 0.5) is 4.79 Å². The first-order valence-corrected chi connectivity index (χ1v) is 22.2. The number of nitrogens with zero attached hydrogens (tertiary/aromatic N) is 4. The van der Waals surface area contributed by atoms with Crippen LogP contribution in [0.5, 0.6) is 0 Å². The minimum atomic E-state index is -1.22. The van der Waals surface area contributed by atoms with Crippen LogP contribution < -0.4 is 16.1 Å². The summed E-state index contributed by atoms with van der Waals surface area (Å²) in [6.45, 7) is 17.0. The number of hydrazine groups is 1. The Hall–Kier alpha value is -4.41. The zero-order valence-electron chi connectivity index (χ0n) is 36.3. The summed E-state index contributed by atoms with van der Waals surface area (Å²) >= 11 is 1.39. The predicted octanol–water partition coefficient (Wildman–Crippen LogP) is 7.13. The van der Waals surface area contributed by atoms with Gasteiger partial charge in [-0.3, -0.25) is 19.6 Å². The molecule has 60 heavy (non-hydrogen) atoms. The van der Waals surface area contributed by atoms with Crippen LogP contribution in [-0.4, -0.2) is 95.2 Å². The van der Waals surface area contributed by atoms with E-state index in [4.69, 9.17) is 28.9 Å². The predicted molar refractivity (Wildman–Crippen MR) is 231 cm³/mol. The van der Waals surface area contributed by atoms with E-state index in [9.17, 15) is 14.4 Å². The van der Waals surface area contributed by atoms with Crippen LogP contribution in [0.2, 0.25) is 0 Å². The first-order valence-electron chi connectivity index (χ1n) is 21.3. The molecule has 0 aliphatic carbocycles. The second kappa shape index (κ2) is 18.3. The van der Waals surface area contributed by atoms with Gasteiger partial charge in [0.25, 0.3) is 5.91 Å². The fraction of sp³-hybridized carbons (Fsp3) is 0.578. The van der Waals surface area contributed by atoms with Gasteiger partial charge in [-0.25, -0.2) is 15.2 Å². The maximum atomic E-state index is 14.8. The molecule has 4 atom stereocenters. The van der Waals surface area contributed by atoms with Crippen LogP contribution in [0.3, 0.4) is 0 Å².